The maximum absolute atomic E-state index is 12.3. The zero-order valence-corrected chi connectivity index (χ0v) is 18.1. The van der Waals surface area contributed by atoms with Crippen LogP contribution in [-0.4, -0.2) is 28.6 Å². The van der Waals surface area contributed by atoms with Gasteiger partial charge in [-0.3, -0.25) is 19.7 Å². The van der Waals surface area contributed by atoms with E-state index in [4.69, 9.17) is 4.74 Å². The minimum absolute atomic E-state index is 0.00172. The lowest BCUT2D eigenvalue weighted by Gasteiger charge is -2.18. The molecule has 2 N–H and O–H groups in total. The first-order valence-corrected chi connectivity index (χ1v) is 9.65. The summed E-state index contributed by atoms with van der Waals surface area (Å²) in [5.74, 6) is -0.679. The fraction of sp³-hybridized carbons (Fsp3) is 0.318. The van der Waals surface area contributed by atoms with Gasteiger partial charge < -0.3 is 10.1 Å². The molecule has 2 amide bonds. The number of para-hydroxylation sites is 2. The Morgan fingerprint density at radius 2 is 1.81 bits per heavy atom. The normalized spacial score (nSPS) is 12.6. The van der Waals surface area contributed by atoms with Gasteiger partial charge in [0.25, 0.3) is 5.91 Å². The van der Waals surface area contributed by atoms with Crippen molar-refractivity contribution in [3.05, 3.63) is 64.2 Å². The first kappa shape index (κ1) is 23.5. The summed E-state index contributed by atoms with van der Waals surface area (Å²) in [6.45, 7) is 8.64. The lowest BCUT2D eigenvalue weighted by atomic mass is 9.95. The molecule has 2 aromatic rings. The molecule has 0 spiro atoms. The Hall–Kier alpha value is -3.75. The van der Waals surface area contributed by atoms with Gasteiger partial charge in [0, 0.05) is 17.2 Å². The Bertz CT molecular complexity index is 1010. The number of ether oxygens (including phenoxy) is 1. The van der Waals surface area contributed by atoms with E-state index in [9.17, 15) is 19.7 Å². The van der Waals surface area contributed by atoms with Crippen molar-refractivity contribution >= 4 is 28.9 Å². The van der Waals surface area contributed by atoms with Gasteiger partial charge in [0.15, 0.2) is 11.9 Å². The second-order valence-corrected chi connectivity index (χ2v) is 7.94. The van der Waals surface area contributed by atoms with Gasteiger partial charge >= 0.3 is 5.69 Å². The molecule has 0 radical (unpaired) electrons. The average Bonchev–Trinajstić information content (AvgIpc) is 2.71. The Kier molecular flexibility index (Phi) is 7.47. The van der Waals surface area contributed by atoms with Gasteiger partial charge in [0.1, 0.15) is 0 Å². The van der Waals surface area contributed by atoms with Crippen LogP contribution in [0.2, 0.25) is 0 Å². The maximum Gasteiger partial charge on any atom is 0.310 e. The van der Waals surface area contributed by atoms with E-state index in [0.717, 1.165) is 0 Å². The molecule has 0 saturated carbocycles. The summed E-state index contributed by atoms with van der Waals surface area (Å²) in [7, 11) is 0. The molecule has 31 heavy (non-hydrogen) atoms. The van der Waals surface area contributed by atoms with Gasteiger partial charge in [-0.25, -0.2) is 5.43 Å². The molecule has 0 aliphatic rings. The second-order valence-electron chi connectivity index (χ2n) is 7.94. The smallest absolute Gasteiger partial charge is 0.310 e. The molecule has 1 atom stereocenters. The second kappa shape index (κ2) is 9.84. The third-order valence-electron chi connectivity index (χ3n) is 4.29. The molecule has 0 heterocycles. The van der Waals surface area contributed by atoms with Crippen molar-refractivity contribution in [1.82, 2.24) is 5.43 Å². The highest BCUT2D eigenvalue weighted by Gasteiger charge is 2.22. The van der Waals surface area contributed by atoms with E-state index < -0.39 is 22.3 Å². The average molecular weight is 426 g/mol. The molecule has 2 rings (SSSR count). The number of hydrogen-bond donors (Lipinski definition) is 2. The Balaban J connectivity index is 2.05. The molecule has 9 heteroatoms. The van der Waals surface area contributed by atoms with E-state index in [1.807, 2.05) is 20.8 Å². The first-order valence-electron chi connectivity index (χ1n) is 9.65. The molecule has 9 nitrogen and oxygen atoms in total. The first-order chi connectivity index (χ1) is 14.5. The minimum atomic E-state index is -1.00. The monoisotopic (exact) mass is 426 g/mol. The predicted octanol–water partition coefficient (Wildman–Crippen LogP) is 3.89. The summed E-state index contributed by atoms with van der Waals surface area (Å²) in [4.78, 5) is 35.0. The standard InChI is InChI=1S/C22H26N4O5/c1-14(16-9-8-10-17(13-16)23-21(28)22(3,4)5)24-25-20(27)15(2)31-19-12-7-6-11-18(19)26(29)30/h6-13,15H,1-5H3,(H,23,28)(H,25,27)/b24-14-/t15-/m0/s1. The highest BCUT2D eigenvalue weighted by Crippen LogP contribution is 2.26. The molecule has 0 unspecified atom stereocenters. The van der Waals surface area contributed by atoms with Crippen molar-refractivity contribution in [2.45, 2.75) is 40.7 Å². The highest BCUT2D eigenvalue weighted by atomic mass is 16.6. The minimum Gasteiger partial charge on any atom is -0.474 e. The number of carbonyl (C=O) groups is 2. The quantitative estimate of drug-likeness (QED) is 0.395. The fourth-order valence-corrected chi connectivity index (χ4v) is 2.39. The number of carbonyl (C=O) groups excluding carboxylic acids is 2. The van der Waals surface area contributed by atoms with E-state index >= 15 is 0 Å². The van der Waals surface area contributed by atoms with Crippen LogP contribution in [0.25, 0.3) is 0 Å². The molecule has 0 fully saturated rings. The Morgan fingerprint density at radius 3 is 2.45 bits per heavy atom. The number of nitro groups is 1. The van der Waals surface area contributed by atoms with Crippen LogP contribution in [0, 0.1) is 15.5 Å². The summed E-state index contributed by atoms with van der Waals surface area (Å²) in [6.07, 6.45) is -1.00. The van der Waals surface area contributed by atoms with Crippen LogP contribution < -0.4 is 15.5 Å². The van der Waals surface area contributed by atoms with Crippen LogP contribution in [0.5, 0.6) is 5.75 Å². The number of hydrogen-bond acceptors (Lipinski definition) is 6. The predicted molar refractivity (Wildman–Crippen MR) is 118 cm³/mol. The summed E-state index contributed by atoms with van der Waals surface area (Å²) >= 11 is 0. The van der Waals surface area contributed by atoms with Crippen LogP contribution in [0.1, 0.15) is 40.2 Å². The van der Waals surface area contributed by atoms with Crippen molar-refractivity contribution < 1.29 is 19.2 Å². The van der Waals surface area contributed by atoms with Gasteiger partial charge in [-0.15, -0.1) is 0 Å². The van der Waals surface area contributed by atoms with Crippen LogP contribution in [0.3, 0.4) is 0 Å². The molecule has 2 aromatic carbocycles. The van der Waals surface area contributed by atoms with Crippen LogP contribution in [0.15, 0.2) is 53.6 Å². The molecule has 0 aromatic heterocycles. The third-order valence-corrected chi connectivity index (χ3v) is 4.29. The molecular formula is C22H26N4O5. The Labute approximate surface area is 180 Å². The van der Waals surface area contributed by atoms with E-state index in [0.29, 0.717) is 17.0 Å². The van der Waals surface area contributed by atoms with Gasteiger partial charge in [-0.2, -0.15) is 5.10 Å². The summed E-state index contributed by atoms with van der Waals surface area (Å²) in [5.41, 5.74) is 3.48. The number of nitrogens with one attached hydrogen (secondary N) is 2. The van der Waals surface area contributed by atoms with Crippen LogP contribution in [0.4, 0.5) is 11.4 Å². The fourth-order valence-electron chi connectivity index (χ4n) is 2.39. The van der Waals surface area contributed by atoms with Gasteiger partial charge in [-0.1, -0.05) is 45.0 Å². The summed E-state index contributed by atoms with van der Waals surface area (Å²) in [5, 5.41) is 18.0. The zero-order valence-electron chi connectivity index (χ0n) is 18.1. The summed E-state index contributed by atoms with van der Waals surface area (Å²) < 4.78 is 5.43. The number of amides is 2. The van der Waals surface area contributed by atoms with E-state index in [1.165, 1.54) is 25.1 Å². The lowest BCUT2D eigenvalue weighted by molar-refractivity contribution is -0.386. The number of anilines is 1. The van der Waals surface area contributed by atoms with Crippen molar-refractivity contribution in [1.29, 1.82) is 0 Å². The number of nitrogens with zero attached hydrogens (tertiary/aromatic N) is 2. The maximum atomic E-state index is 12.3. The van der Waals surface area contributed by atoms with E-state index in [-0.39, 0.29) is 17.3 Å². The van der Waals surface area contributed by atoms with Crippen molar-refractivity contribution in [2.24, 2.45) is 10.5 Å². The molecule has 0 saturated heterocycles. The summed E-state index contributed by atoms with van der Waals surface area (Å²) in [6, 6.07) is 12.9. The number of benzene rings is 2. The van der Waals surface area contributed by atoms with Crippen molar-refractivity contribution in [3.8, 4) is 5.75 Å². The van der Waals surface area contributed by atoms with Crippen LogP contribution in [-0.2, 0) is 9.59 Å². The molecular weight excluding hydrogens is 400 g/mol. The highest BCUT2D eigenvalue weighted by molar-refractivity contribution is 6.01. The van der Waals surface area contributed by atoms with E-state index in [2.05, 4.69) is 15.8 Å². The molecule has 0 aliphatic heterocycles. The molecule has 0 aliphatic carbocycles. The van der Waals surface area contributed by atoms with Crippen LogP contribution >= 0.6 is 0 Å². The van der Waals surface area contributed by atoms with E-state index in [1.54, 1.807) is 37.3 Å². The number of rotatable bonds is 7. The van der Waals surface area contributed by atoms with Gasteiger partial charge in [-0.05, 0) is 37.6 Å². The zero-order chi connectivity index (χ0) is 23.2. The van der Waals surface area contributed by atoms with Gasteiger partial charge in [0.2, 0.25) is 5.91 Å². The number of nitro benzene ring substituents is 1. The molecule has 164 valence electrons. The lowest BCUT2D eigenvalue weighted by Crippen LogP contribution is -2.34. The molecule has 0 bridgehead atoms. The largest absolute Gasteiger partial charge is 0.474 e. The Morgan fingerprint density at radius 1 is 1.13 bits per heavy atom. The van der Waals surface area contributed by atoms with Crippen molar-refractivity contribution in [2.75, 3.05) is 5.32 Å². The van der Waals surface area contributed by atoms with Crippen molar-refractivity contribution in [3.63, 3.8) is 0 Å². The van der Waals surface area contributed by atoms with Gasteiger partial charge in [0.05, 0.1) is 10.6 Å². The SMILES string of the molecule is C/C(=N/NC(=O)[C@H](C)Oc1ccccc1[N+](=O)[O-])c1cccc(NC(=O)C(C)(C)C)c1. The number of hydrazone groups is 1. The topological polar surface area (TPSA) is 123 Å². The third kappa shape index (κ3) is 6.63.